The van der Waals surface area contributed by atoms with Crippen LogP contribution in [-0.4, -0.2) is 15.0 Å². The highest BCUT2D eigenvalue weighted by Gasteiger charge is 2.53. The molecule has 0 fully saturated rings. The minimum Gasteiger partial charge on any atom is -0.309 e. The van der Waals surface area contributed by atoms with Gasteiger partial charge in [-0.1, -0.05) is 140 Å². The van der Waals surface area contributed by atoms with E-state index >= 15 is 0 Å². The number of hydrogen-bond acceptors (Lipinski definition) is 1. The third kappa shape index (κ3) is 4.02. The smallest absolute Gasteiger partial charge is 0.105 e. The predicted octanol–water partition coefficient (Wildman–Crippen LogP) is 12.8. The van der Waals surface area contributed by atoms with Crippen molar-refractivity contribution >= 4 is 55.0 Å². The van der Waals surface area contributed by atoms with Gasteiger partial charge in [0, 0.05) is 32.8 Å². The predicted molar refractivity (Wildman–Crippen MR) is 229 cm³/mol. The first kappa shape index (κ1) is 30.7. The molecule has 55 heavy (non-hydrogen) atoms. The van der Waals surface area contributed by atoms with Crippen LogP contribution in [0.1, 0.15) is 47.6 Å². The Kier molecular flexibility index (Phi) is 6.37. The van der Waals surface area contributed by atoms with Crippen LogP contribution in [0, 0.1) is 0 Å². The van der Waals surface area contributed by atoms with E-state index in [1.807, 2.05) is 0 Å². The molecule has 1 unspecified atom stereocenters. The second-order valence-corrected chi connectivity index (χ2v) is 15.3. The maximum Gasteiger partial charge on any atom is 0.105 e. The van der Waals surface area contributed by atoms with Crippen molar-refractivity contribution in [1.82, 2.24) is 9.13 Å². The molecule has 0 bridgehead atoms. The van der Waals surface area contributed by atoms with Crippen molar-refractivity contribution in [3.05, 3.63) is 203 Å². The Hall–Kier alpha value is -6.71. The molecule has 0 saturated carbocycles. The fraction of sp³-hybridized carbons (Fsp3) is 0.0962. The molecule has 260 valence electrons. The van der Waals surface area contributed by atoms with Crippen molar-refractivity contribution in [3.63, 3.8) is 0 Å². The Bertz CT molecular complexity index is 3150. The lowest BCUT2D eigenvalue weighted by atomic mass is 9.69. The third-order valence-electron chi connectivity index (χ3n) is 12.6. The number of benzene rings is 7. The molecule has 0 aliphatic heterocycles. The molecule has 3 heteroatoms. The summed E-state index contributed by atoms with van der Waals surface area (Å²) in [6.07, 6.45) is 7.00. The number of nitrogens with zero attached hydrogens (tertiary/aromatic N) is 3. The van der Waals surface area contributed by atoms with E-state index in [4.69, 9.17) is 4.99 Å². The van der Waals surface area contributed by atoms with Crippen LogP contribution in [0.3, 0.4) is 0 Å². The molecular formula is C52H37N3. The first-order valence-electron chi connectivity index (χ1n) is 19.5. The van der Waals surface area contributed by atoms with Crippen molar-refractivity contribution in [3.8, 4) is 16.8 Å². The number of para-hydroxylation sites is 3. The molecule has 12 rings (SSSR count). The summed E-state index contributed by atoms with van der Waals surface area (Å²) in [5.41, 5.74) is 18.1. The Balaban J connectivity index is 1.07. The second-order valence-electron chi connectivity index (χ2n) is 15.3. The number of allylic oxidation sites excluding steroid dienone is 4. The number of fused-ring (bicyclic) bond motifs is 16. The number of hydrogen-bond donors (Lipinski definition) is 0. The lowest BCUT2D eigenvalue weighted by Crippen LogP contribution is -2.27. The fourth-order valence-electron chi connectivity index (χ4n) is 10.5. The van der Waals surface area contributed by atoms with Crippen LogP contribution in [0.4, 0.5) is 0 Å². The monoisotopic (exact) mass is 703 g/mol. The van der Waals surface area contributed by atoms with E-state index in [0.717, 1.165) is 24.4 Å². The highest BCUT2D eigenvalue weighted by atomic mass is 15.1. The Morgan fingerprint density at radius 2 is 1.24 bits per heavy atom. The lowest BCUT2D eigenvalue weighted by Gasteiger charge is -2.32. The van der Waals surface area contributed by atoms with Gasteiger partial charge < -0.3 is 4.57 Å². The van der Waals surface area contributed by atoms with Crippen LogP contribution in [0.2, 0.25) is 0 Å². The molecular weight excluding hydrogens is 667 g/mol. The summed E-state index contributed by atoms with van der Waals surface area (Å²) in [5.74, 6) is 0.988. The number of rotatable bonds is 3. The molecule has 9 aromatic rings. The molecule has 3 aliphatic rings. The normalized spacial score (nSPS) is 17.1. The van der Waals surface area contributed by atoms with Crippen molar-refractivity contribution in [1.29, 1.82) is 0 Å². The molecule has 3 aliphatic carbocycles. The second kappa shape index (κ2) is 11.4. The van der Waals surface area contributed by atoms with Crippen molar-refractivity contribution in [2.75, 3.05) is 0 Å². The lowest BCUT2D eigenvalue weighted by molar-refractivity contribution is 0.781. The van der Waals surface area contributed by atoms with Crippen molar-refractivity contribution in [2.24, 2.45) is 4.99 Å². The zero-order valence-electron chi connectivity index (χ0n) is 30.6. The van der Waals surface area contributed by atoms with Crippen molar-refractivity contribution < 1.29 is 0 Å². The van der Waals surface area contributed by atoms with E-state index in [9.17, 15) is 0 Å². The maximum absolute atomic E-state index is 5.24. The van der Waals surface area contributed by atoms with Crippen molar-refractivity contribution in [2.45, 2.75) is 31.7 Å². The summed E-state index contributed by atoms with van der Waals surface area (Å²) in [7, 11) is 0. The largest absolute Gasteiger partial charge is 0.309 e. The van der Waals surface area contributed by atoms with Crippen LogP contribution in [0.15, 0.2) is 180 Å². The van der Waals surface area contributed by atoms with Gasteiger partial charge in [-0.3, -0.25) is 9.56 Å². The van der Waals surface area contributed by atoms with Gasteiger partial charge in [0.15, 0.2) is 0 Å². The third-order valence-corrected chi connectivity index (χ3v) is 12.6. The maximum atomic E-state index is 5.24. The zero-order valence-corrected chi connectivity index (χ0v) is 30.6. The van der Waals surface area contributed by atoms with Crippen LogP contribution in [0.25, 0.3) is 66.0 Å². The van der Waals surface area contributed by atoms with Gasteiger partial charge in [-0.2, -0.15) is 0 Å². The SMILES string of the molecule is CC(=NCc1cccc(-n2c3ccccc3c3ccc4c(c32)-c2ccccc2C42C3=C(CCC=C3)c3ccccc32)c1)n1c2ccccc2c2ccccc21. The first-order chi connectivity index (χ1) is 27.2. The highest BCUT2D eigenvalue weighted by Crippen LogP contribution is 2.64. The summed E-state index contributed by atoms with van der Waals surface area (Å²) >= 11 is 0. The first-order valence-corrected chi connectivity index (χ1v) is 19.5. The summed E-state index contributed by atoms with van der Waals surface area (Å²) in [5, 5.41) is 5.06. The molecule has 2 heterocycles. The molecule has 2 aromatic heterocycles. The summed E-state index contributed by atoms with van der Waals surface area (Å²) in [6.45, 7) is 2.72. The van der Waals surface area contributed by atoms with E-state index < -0.39 is 0 Å². The van der Waals surface area contributed by atoms with E-state index in [2.05, 4.69) is 186 Å². The molecule has 1 atom stereocenters. The summed E-state index contributed by atoms with van der Waals surface area (Å²) in [4.78, 5) is 5.24. The number of aromatic nitrogens is 2. The quantitative estimate of drug-likeness (QED) is 0.129. The molecule has 0 amide bonds. The molecule has 7 aromatic carbocycles. The van der Waals surface area contributed by atoms with Gasteiger partial charge in [0.05, 0.1) is 34.0 Å². The van der Waals surface area contributed by atoms with Gasteiger partial charge >= 0.3 is 0 Å². The molecule has 0 saturated heterocycles. The molecule has 3 nitrogen and oxygen atoms in total. The highest BCUT2D eigenvalue weighted by molar-refractivity contribution is 6.17. The van der Waals surface area contributed by atoms with Crippen LogP contribution < -0.4 is 0 Å². The van der Waals surface area contributed by atoms with Crippen LogP contribution in [-0.2, 0) is 12.0 Å². The van der Waals surface area contributed by atoms with E-state index in [1.54, 1.807) is 0 Å². The average Bonchev–Trinajstić information content (AvgIpc) is 3.95. The molecule has 1 spiro atoms. The zero-order chi connectivity index (χ0) is 36.3. The minimum absolute atomic E-state index is 0.342. The molecule has 0 N–H and O–H groups in total. The van der Waals surface area contributed by atoms with E-state index in [-0.39, 0.29) is 5.41 Å². The standard InChI is InChI=1S/C52H37N3/c1-33(54-47-26-11-5-19-38(47)39-20-6-12-27-48(39)54)53-32-34-15-14-16-35(31-34)55-49-28-13-7-21-40(49)41-29-30-46-50(51(41)55)42-22-4-10-25-45(42)52(46)43-23-8-2-17-36(43)37-18-3-9-24-44(37)52/h2,4-17,19-31H,3,18,32H2,1H3. The van der Waals surface area contributed by atoms with Crippen LogP contribution in [0.5, 0.6) is 0 Å². The van der Waals surface area contributed by atoms with E-state index in [1.165, 1.54) is 93.7 Å². The van der Waals surface area contributed by atoms with Gasteiger partial charge in [0.2, 0.25) is 0 Å². The fourth-order valence-corrected chi connectivity index (χ4v) is 10.5. The average molecular weight is 704 g/mol. The van der Waals surface area contributed by atoms with Gasteiger partial charge in [-0.05, 0) is 94.6 Å². The van der Waals surface area contributed by atoms with Gasteiger partial charge in [-0.15, -0.1) is 0 Å². The number of aliphatic imine (C=N–C) groups is 1. The summed E-state index contributed by atoms with van der Waals surface area (Å²) in [6, 6.07) is 58.5. The van der Waals surface area contributed by atoms with Gasteiger partial charge in [0.1, 0.15) is 5.84 Å². The van der Waals surface area contributed by atoms with E-state index in [0.29, 0.717) is 6.54 Å². The van der Waals surface area contributed by atoms with Gasteiger partial charge in [-0.25, -0.2) is 0 Å². The Labute approximate surface area is 319 Å². The summed E-state index contributed by atoms with van der Waals surface area (Å²) < 4.78 is 4.83. The Morgan fingerprint density at radius 1 is 0.600 bits per heavy atom. The topological polar surface area (TPSA) is 22.2 Å². The van der Waals surface area contributed by atoms with Gasteiger partial charge in [0.25, 0.3) is 0 Å². The minimum atomic E-state index is -0.342. The Morgan fingerprint density at radius 3 is 2.00 bits per heavy atom. The molecule has 0 radical (unpaired) electrons. The van der Waals surface area contributed by atoms with Crippen LogP contribution >= 0.6 is 0 Å².